The van der Waals surface area contributed by atoms with Gasteiger partial charge in [0.15, 0.2) is 11.5 Å². The van der Waals surface area contributed by atoms with E-state index in [1.807, 2.05) is 25.4 Å². The molecule has 1 amide bonds. The Morgan fingerprint density at radius 2 is 1.97 bits per heavy atom. The largest absolute Gasteiger partial charge is 0.371 e. The summed E-state index contributed by atoms with van der Waals surface area (Å²) in [5, 5.41) is 12.0. The lowest BCUT2D eigenvalue weighted by molar-refractivity contribution is 0.102. The van der Waals surface area contributed by atoms with Crippen molar-refractivity contribution in [3.05, 3.63) is 53.9 Å². The number of anilines is 2. The standard InChI is InChI=1S/C24H26FN7O/c1-15-12-32-13-16(11-19(25)22(32)27-15)28-23(33)17-3-4-20(18-14-30(2)29-21(17)18)31-9-6-24(7-10-31)5-8-26-24/h3-4,11-14,26H,5-10H2,1-2H3,(H,28,33). The minimum Gasteiger partial charge on any atom is -0.371 e. The number of aryl methyl sites for hydroxylation is 2. The first kappa shape index (κ1) is 20.2. The topological polar surface area (TPSA) is 79.5 Å². The molecule has 6 rings (SSSR count). The zero-order chi connectivity index (χ0) is 22.7. The molecule has 2 aliphatic heterocycles. The van der Waals surface area contributed by atoms with Crippen molar-refractivity contribution in [2.24, 2.45) is 7.05 Å². The summed E-state index contributed by atoms with van der Waals surface area (Å²) in [6, 6.07) is 5.12. The molecule has 0 radical (unpaired) electrons. The lowest BCUT2D eigenvalue weighted by Gasteiger charge is -2.49. The average molecular weight is 448 g/mol. The first-order valence-electron chi connectivity index (χ1n) is 11.3. The Morgan fingerprint density at radius 3 is 2.70 bits per heavy atom. The summed E-state index contributed by atoms with van der Waals surface area (Å²) in [5.41, 5.74) is 3.85. The number of hydrogen-bond donors (Lipinski definition) is 2. The molecule has 0 unspecified atom stereocenters. The molecular weight excluding hydrogens is 421 g/mol. The predicted octanol–water partition coefficient (Wildman–Crippen LogP) is 3.25. The van der Waals surface area contributed by atoms with Crippen LogP contribution in [0.25, 0.3) is 16.6 Å². The normalized spacial score (nSPS) is 17.6. The highest BCUT2D eigenvalue weighted by atomic mass is 19.1. The van der Waals surface area contributed by atoms with Crippen LogP contribution in [-0.2, 0) is 7.05 Å². The summed E-state index contributed by atoms with van der Waals surface area (Å²) >= 11 is 0. The second-order valence-electron chi connectivity index (χ2n) is 9.29. The van der Waals surface area contributed by atoms with Gasteiger partial charge in [-0.05, 0) is 44.9 Å². The van der Waals surface area contributed by atoms with Crippen LogP contribution >= 0.6 is 0 Å². The van der Waals surface area contributed by atoms with E-state index in [1.165, 1.54) is 12.5 Å². The van der Waals surface area contributed by atoms with Crippen molar-refractivity contribution >= 4 is 33.8 Å². The van der Waals surface area contributed by atoms with E-state index in [4.69, 9.17) is 0 Å². The van der Waals surface area contributed by atoms with Crippen LogP contribution < -0.4 is 15.5 Å². The maximum atomic E-state index is 14.5. The van der Waals surface area contributed by atoms with Crippen LogP contribution in [-0.4, -0.2) is 50.2 Å². The second-order valence-corrected chi connectivity index (χ2v) is 9.29. The van der Waals surface area contributed by atoms with Gasteiger partial charge in [0, 0.05) is 61.4 Å². The van der Waals surface area contributed by atoms with Gasteiger partial charge in [-0.3, -0.25) is 9.48 Å². The van der Waals surface area contributed by atoms with E-state index in [0.717, 1.165) is 43.5 Å². The monoisotopic (exact) mass is 447 g/mol. The maximum Gasteiger partial charge on any atom is 0.257 e. The van der Waals surface area contributed by atoms with E-state index in [9.17, 15) is 9.18 Å². The maximum absolute atomic E-state index is 14.5. The van der Waals surface area contributed by atoms with Gasteiger partial charge in [-0.25, -0.2) is 9.37 Å². The minimum atomic E-state index is -0.483. The molecule has 0 atom stereocenters. The molecule has 33 heavy (non-hydrogen) atoms. The number of amides is 1. The van der Waals surface area contributed by atoms with E-state index >= 15 is 0 Å². The van der Waals surface area contributed by atoms with Crippen LogP contribution in [0.5, 0.6) is 0 Å². The molecule has 2 saturated heterocycles. The smallest absolute Gasteiger partial charge is 0.257 e. The van der Waals surface area contributed by atoms with E-state index in [0.29, 0.717) is 28.0 Å². The number of benzene rings is 1. The number of rotatable bonds is 3. The van der Waals surface area contributed by atoms with Crippen LogP contribution in [0.3, 0.4) is 0 Å². The van der Waals surface area contributed by atoms with Crippen LogP contribution in [0.4, 0.5) is 15.8 Å². The summed E-state index contributed by atoms with van der Waals surface area (Å²) < 4.78 is 17.8. The third-order valence-electron chi connectivity index (χ3n) is 7.06. The first-order chi connectivity index (χ1) is 15.9. The van der Waals surface area contributed by atoms with Crippen molar-refractivity contribution in [2.45, 2.75) is 31.7 Å². The molecule has 0 bridgehead atoms. The zero-order valence-corrected chi connectivity index (χ0v) is 18.7. The number of nitrogens with zero attached hydrogens (tertiary/aromatic N) is 5. The van der Waals surface area contributed by atoms with Crippen LogP contribution in [0, 0.1) is 12.7 Å². The summed E-state index contributed by atoms with van der Waals surface area (Å²) in [6.07, 6.45) is 8.86. The van der Waals surface area contributed by atoms with Crippen LogP contribution in [0.2, 0.25) is 0 Å². The zero-order valence-electron chi connectivity index (χ0n) is 18.7. The molecule has 0 saturated carbocycles. The van der Waals surface area contributed by atoms with Gasteiger partial charge < -0.3 is 19.9 Å². The Labute approximate surface area is 190 Å². The number of aromatic nitrogens is 4. The fraction of sp³-hybridized carbons (Fsp3) is 0.375. The Balaban J connectivity index is 1.30. The van der Waals surface area contributed by atoms with Crippen molar-refractivity contribution in [3.63, 3.8) is 0 Å². The Kier molecular flexibility index (Phi) is 4.45. The van der Waals surface area contributed by atoms with Crippen molar-refractivity contribution in [2.75, 3.05) is 29.9 Å². The molecule has 2 fully saturated rings. The fourth-order valence-electron chi connectivity index (χ4n) is 5.19. The van der Waals surface area contributed by atoms with E-state index in [-0.39, 0.29) is 11.6 Å². The van der Waals surface area contributed by atoms with Gasteiger partial charge in [0.2, 0.25) is 0 Å². The highest BCUT2D eigenvalue weighted by molar-refractivity contribution is 6.13. The van der Waals surface area contributed by atoms with E-state index in [2.05, 4.69) is 25.6 Å². The number of hydrogen-bond acceptors (Lipinski definition) is 5. The lowest BCUT2D eigenvalue weighted by Crippen LogP contribution is -2.61. The highest BCUT2D eigenvalue weighted by Gasteiger charge is 2.39. The van der Waals surface area contributed by atoms with Gasteiger partial charge in [-0.2, -0.15) is 5.10 Å². The Hall–Kier alpha value is -3.46. The van der Waals surface area contributed by atoms with Gasteiger partial charge in [-0.1, -0.05) is 0 Å². The predicted molar refractivity (Wildman–Crippen MR) is 125 cm³/mol. The summed E-state index contributed by atoms with van der Waals surface area (Å²) in [6.45, 7) is 4.88. The number of carbonyl (C=O) groups is 1. The molecule has 8 nitrogen and oxygen atoms in total. The molecule has 5 heterocycles. The number of nitrogens with one attached hydrogen (secondary N) is 2. The third-order valence-corrected chi connectivity index (χ3v) is 7.06. The second kappa shape index (κ2) is 7.28. The third kappa shape index (κ3) is 3.34. The molecule has 2 N–H and O–H groups in total. The number of halogens is 1. The molecule has 1 spiro atoms. The molecule has 9 heteroatoms. The van der Waals surface area contributed by atoms with E-state index in [1.54, 1.807) is 28.4 Å². The Morgan fingerprint density at radius 1 is 1.18 bits per heavy atom. The summed E-state index contributed by atoms with van der Waals surface area (Å²) in [5.74, 6) is -0.805. The number of carbonyl (C=O) groups excluding carboxylic acids is 1. The van der Waals surface area contributed by atoms with Crippen molar-refractivity contribution in [3.8, 4) is 0 Å². The fourth-order valence-corrected chi connectivity index (χ4v) is 5.19. The average Bonchev–Trinajstić information content (AvgIpc) is 3.33. The van der Waals surface area contributed by atoms with Crippen LogP contribution in [0.15, 0.2) is 36.8 Å². The summed E-state index contributed by atoms with van der Waals surface area (Å²) in [7, 11) is 1.86. The first-order valence-corrected chi connectivity index (χ1v) is 11.3. The van der Waals surface area contributed by atoms with E-state index < -0.39 is 5.82 Å². The van der Waals surface area contributed by atoms with Gasteiger partial charge >= 0.3 is 0 Å². The molecule has 2 aliphatic rings. The number of piperidine rings is 1. The molecule has 1 aromatic carbocycles. The molecule has 170 valence electrons. The van der Waals surface area contributed by atoms with Gasteiger partial charge in [0.05, 0.1) is 16.9 Å². The van der Waals surface area contributed by atoms with Gasteiger partial charge in [-0.15, -0.1) is 0 Å². The van der Waals surface area contributed by atoms with Gasteiger partial charge in [0.1, 0.15) is 5.52 Å². The number of pyridine rings is 1. The van der Waals surface area contributed by atoms with Crippen LogP contribution in [0.1, 0.15) is 35.3 Å². The lowest BCUT2D eigenvalue weighted by atomic mass is 9.79. The number of fused-ring (bicyclic) bond motifs is 2. The molecule has 3 aromatic heterocycles. The molecule has 4 aromatic rings. The van der Waals surface area contributed by atoms with Crippen molar-refractivity contribution < 1.29 is 9.18 Å². The number of imidazole rings is 1. The summed E-state index contributed by atoms with van der Waals surface area (Å²) in [4.78, 5) is 19.7. The molecule has 0 aliphatic carbocycles. The highest BCUT2D eigenvalue weighted by Crippen LogP contribution is 2.36. The van der Waals surface area contributed by atoms with Crippen molar-refractivity contribution in [1.29, 1.82) is 0 Å². The SMILES string of the molecule is Cc1cn2cc(NC(=O)c3ccc(N4CCC5(CCN5)CC4)c4cn(C)nc34)cc(F)c2n1. The quantitative estimate of drug-likeness (QED) is 0.504. The van der Waals surface area contributed by atoms with Crippen molar-refractivity contribution in [1.82, 2.24) is 24.5 Å². The van der Waals surface area contributed by atoms with Gasteiger partial charge in [0.25, 0.3) is 5.91 Å². The minimum absolute atomic E-state index is 0.238. The Bertz CT molecular complexity index is 1390. The molecular formula is C24H26FN7O.